The van der Waals surface area contributed by atoms with E-state index in [1.807, 2.05) is 39.0 Å². The van der Waals surface area contributed by atoms with E-state index in [0.29, 0.717) is 23.9 Å². The van der Waals surface area contributed by atoms with E-state index in [2.05, 4.69) is 27.2 Å². The number of pyridine rings is 1. The van der Waals surface area contributed by atoms with Gasteiger partial charge in [0.2, 0.25) is 0 Å². The number of likely N-dealkylation sites (tertiary alicyclic amines) is 1. The summed E-state index contributed by atoms with van der Waals surface area (Å²) in [5.74, 6) is 0.609. The molecule has 3 aromatic rings. The normalized spacial score (nSPS) is 17.5. The van der Waals surface area contributed by atoms with Gasteiger partial charge in [0.1, 0.15) is 11.2 Å². The summed E-state index contributed by atoms with van der Waals surface area (Å²) in [5, 5.41) is 15.2. The molecular formula is C28H36ClN5O3. The maximum Gasteiger partial charge on any atom is 0.410 e. The van der Waals surface area contributed by atoms with Crippen molar-refractivity contribution in [1.29, 1.82) is 0 Å². The minimum atomic E-state index is -1.11. The van der Waals surface area contributed by atoms with E-state index < -0.39 is 11.2 Å². The molecule has 1 fully saturated rings. The Morgan fingerprint density at radius 3 is 2.49 bits per heavy atom. The number of hydrogen-bond donors (Lipinski definition) is 2. The van der Waals surface area contributed by atoms with Crippen molar-refractivity contribution < 1.29 is 14.6 Å². The van der Waals surface area contributed by atoms with E-state index in [-0.39, 0.29) is 18.1 Å². The van der Waals surface area contributed by atoms with Crippen molar-refractivity contribution in [2.75, 3.05) is 18.4 Å². The predicted octanol–water partition coefficient (Wildman–Crippen LogP) is 6.02. The number of nitrogens with zero attached hydrogens (tertiary/aromatic N) is 4. The first-order chi connectivity index (χ1) is 17.3. The molecule has 2 atom stereocenters. The Balaban J connectivity index is 1.57. The highest BCUT2D eigenvalue weighted by Crippen LogP contribution is 2.35. The standard InChI is InChI=1S/C28H36ClN5O3/c1-17(19-8-7-11-34(16-19)26(35)37-27(2,3)4)33-24-21-12-18(9-10-23(21)30-15-22(24)29)20-13-31-25(32-14-20)28(5,6)36/h9-10,12-15,17,19,36H,7-8,11,16H2,1-6H3,(H,30,33)/t17?,19-/m1/s1. The van der Waals surface area contributed by atoms with Crippen LogP contribution in [0.3, 0.4) is 0 Å². The number of halogens is 1. The number of amides is 1. The lowest BCUT2D eigenvalue weighted by Gasteiger charge is -2.37. The fourth-order valence-electron chi connectivity index (χ4n) is 4.54. The van der Waals surface area contributed by atoms with Gasteiger partial charge in [-0.25, -0.2) is 14.8 Å². The third-order valence-corrected chi connectivity index (χ3v) is 6.83. The summed E-state index contributed by atoms with van der Waals surface area (Å²) >= 11 is 6.65. The molecule has 9 heteroatoms. The Labute approximate surface area is 223 Å². The molecule has 1 unspecified atom stereocenters. The van der Waals surface area contributed by atoms with Crippen LogP contribution in [0.25, 0.3) is 22.0 Å². The molecule has 2 aromatic heterocycles. The van der Waals surface area contributed by atoms with Crippen molar-refractivity contribution in [1.82, 2.24) is 19.9 Å². The summed E-state index contributed by atoms with van der Waals surface area (Å²) in [6.07, 6.45) is 6.74. The summed E-state index contributed by atoms with van der Waals surface area (Å²) in [6.45, 7) is 12.4. The fourth-order valence-corrected chi connectivity index (χ4v) is 4.75. The van der Waals surface area contributed by atoms with Crippen molar-refractivity contribution in [3.8, 4) is 11.1 Å². The average Bonchev–Trinajstić information content (AvgIpc) is 2.84. The zero-order valence-electron chi connectivity index (χ0n) is 22.4. The molecule has 0 saturated carbocycles. The van der Waals surface area contributed by atoms with E-state index in [0.717, 1.165) is 40.6 Å². The van der Waals surface area contributed by atoms with Gasteiger partial charge in [-0.2, -0.15) is 0 Å². The number of carbonyl (C=O) groups excluding carboxylic acids is 1. The summed E-state index contributed by atoms with van der Waals surface area (Å²) in [7, 11) is 0. The SMILES string of the molecule is CC(Nc1c(Cl)cnc2ccc(-c3cnc(C(C)(C)O)nc3)cc12)[C@@H]1CCCN(C(=O)OC(C)(C)C)C1. The van der Waals surface area contributed by atoms with Crippen molar-refractivity contribution in [3.63, 3.8) is 0 Å². The van der Waals surface area contributed by atoms with Gasteiger partial charge in [0.25, 0.3) is 0 Å². The first-order valence-electron chi connectivity index (χ1n) is 12.7. The van der Waals surface area contributed by atoms with Gasteiger partial charge < -0.3 is 20.1 Å². The molecule has 198 valence electrons. The highest BCUT2D eigenvalue weighted by atomic mass is 35.5. The number of carbonyl (C=O) groups is 1. The number of nitrogens with one attached hydrogen (secondary N) is 1. The van der Waals surface area contributed by atoms with Gasteiger partial charge in [-0.15, -0.1) is 0 Å². The quantitative estimate of drug-likeness (QED) is 0.420. The number of hydrogen-bond acceptors (Lipinski definition) is 7. The Bertz CT molecular complexity index is 1270. The van der Waals surface area contributed by atoms with E-state index in [1.165, 1.54) is 0 Å². The maximum atomic E-state index is 12.6. The first kappa shape index (κ1) is 27.1. The van der Waals surface area contributed by atoms with Crippen LogP contribution in [0.4, 0.5) is 10.5 Å². The molecule has 0 radical (unpaired) electrons. The molecule has 1 amide bonds. The van der Waals surface area contributed by atoms with Crippen LogP contribution in [0.15, 0.2) is 36.8 Å². The smallest absolute Gasteiger partial charge is 0.410 e. The van der Waals surface area contributed by atoms with Gasteiger partial charge in [0.15, 0.2) is 5.82 Å². The second-order valence-electron chi connectivity index (χ2n) is 11.3. The van der Waals surface area contributed by atoms with Gasteiger partial charge >= 0.3 is 6.09 Å². The van der Waals surface area contributed by atoms with Crippen LogP contribution in [0.2, 0.25) is 5.02 Å². The predicted molar refractivity (Wildman–Crippen MR) is 147 cm³/mol. The molecule has 1 saturated heterocycles. The number of fused-ring (bicyclic) bond motifs is 1. The summed E-state index contributed by atoms with van der Waals surface area (Å²) in [6, 6.07) is 6.01. The molecular weight excluding hydrogens is 490 g/mol. The third-order valence-electron chi connectivity index (χ3n) is 6.54. The fraction of sp³-hybridized carbons (Fsp3) is 0.500. The van der Waals surface area contributed by atoms with Crippen molar-refractivity contribution in [3.05, 3.63) is 47.6 Å². The number of rotatable bonds is 5. The Hall–Kier alpha value is -2.97. The molecule has 3 heterocycles. The molecule has 4 rings (SSSR count). The third kappa shape index (κ3) is 6.48. The number of piperidine rings is 1. The van der Waals surface area contributed by atoms with Gasteiger partial charge in [-0.1, -0.05) is 17.7 Å². The molecule has 37 heavy (non-hydrogen) atoms. The number of aromatic nitrogens is 3. The molecule has 1 aromatic carbocycles. The van der Waals surface area contributed by atoms with Crippen LogP contribution < -0.4 is 5.32 Å². The highest BCUT2D eigenvalue weighted by molar-refractivity contribution is 6.34. The van der Waals surface area contributed by atoms with Crippen LogP contribution in [0, 0.1) is 5.92 Å². The molecule has 1 aliphatic rings. The number of aliphatic hydroxyl groups is 1. The van der Waals surface area contributed by atoms with Crippen LogP contribution in [0.5, 0.6) is 0 Å². The van der Waals surface area contributed by atoms with Crippen LogP contribution in [0.1, 0.15) is 60.2 Å². The lowest BCUT2D eigenvalue weighted by atomic mass is 9.91. The highest BCUT2D eigenvalue weighted by Gasteiger charge is 2.30. The molecule has 0 bridgehead atoms. The second kappa shape index (κ2) is 10.4. The second-order valence-corrected chi connectivity index (χ2v) is 11.7. The van der Waals surface area contributed by atoms with Crippen molar-refractivity contribution in [2.24, 2.45) is 5.92 Å². The van der Waals surface area contributed by atoms with Gasteiger partial charge in [0, 0.05) is 48.7 Å². The minimum absolute atomic E-state index is 0.0615. The maximum absolute atomic E-state index is 12.6. The molecule has 1 aliphatic heterocycles. The Morgan fingerprint density at radius 2 is 1.84 bits per heavy atom. The first-order valence-corrected chi connectivity index (χ1v) is 13.1. The van der Waals surface area contributed by atoms with E-state index in [1.54, 1.807) is 37.3 Å². The minimum Gasteiger partial charge on any atom is -0.444 e. The number of ether oxygens (including phenoxy) is 1. The zero-order chi connectivity index (χ0) is 27.0. The average molecular weight is 526 g/mol. The summed E-state index contributed by atoms with van der Waals surface area (Å²) in [5.41, 5.74) is 1.75. The number of benzene rings is 1. The molecule has 8 nitrogen and oxygen atoms in total. The Morgan fingerprint density at radius 1 is 1.14 bits per heavy atom. The monoisotopic (exact) mass is 525 g/mol. The van der Waals surface area contributed by atoms with Crippen molar-refractivity contribution >= 4 is 34.3 Å². The summed E-state index contributed by atoms with van der Waals surface area (Å²) < 4.78 is 5.59. The Kier molecular flexibility index (Phi) is 7.62. The van der Waals surface area contributed by atoms with Crippen LogP contribution in [-0.4, -0.2) is 55.8 Å². The molecule has 0 spiro atoms. The summed E-state index contributed by atoms with van der Waals surface area (Å²) in [4.78, 5) is 27.6. The van der Waals surface area contributed by atoms with Crippen LogP contribution in [-0.2, 0) is 10.3 Å². The van der Waals surface area contributed by atoms with Gasteiger partial charge in [-0.3, -0.25) is 4.98 Å². The van der Waals surface area contributed by atoms with Crippen LogP contribution >= 0.6 is 11.6 Å². The lowest BCUT2D eigenvalue weighted by molar-refractivity contribution is 0.0159. The van der Waals surface area contributed by atoms with E-state index >= 15 is 0 Å². The zero-order valence-corrected chi connectivity index (χ0v) is 23.1. The van der Waals surface area contributed by atoms with Crippen molar-refractivity contribution in [2.45, 2.75) is 71.6 Å². The lowest BCUT2D eigenvalue weighted by Crippen LogP contribution is -2.46. The van der Waals surface area contributed by atoms with E-state index in [4.69, 9.17) is 16.3 Å². The topological polar surface area (TPSA) is 100 Å². The van der Waals surface area contributed by atoms with Gasteiger partial charge in [0.05, 0.1) is 16.2 Å². The largest absolute Gasteiger partial charge is 0.444 e. The molecule has 2 N–H and O–H groups in total. The van der Waals surface area contributed by atoms with Gasteiger partial charge in [-0.05, 0) is 78.0 Å². The number of anilines is 1. The molecule has 0 aliphatic carbocycles. The van der Waals surface area contributed by atoms with E-state index in [9.17, 15) is 9.90 Å².